The van der Waals surface area contributed by atoms with Crippen LogP contribution in [0.15, 0.2) is 12.2 Å². The Morgan fingerprint density at radius 3 is 0.754 bits per heavy atom. The standard InChI is InChI=1S/C35H74O14Si8/c1-27(2)20-51-38-50(19-17-16-18-34(15)35(36)37)39-52(21-28(3)4)43-54(41-51,23-30(7)8)47-57(26-33(13)14)48-55(42-51,24-31(9)10)44-53(40-50,22-29(5)6)46-56(45-52,49-57)25-32(11)12/h27-33H,15-26H2,1-14H3,(H,36,37). The van der Waals surface area contributed by atoms with Crippen molar-refractivity contribution in [3.8, 4) is 0 Å². The van der Waals surface area contributed by atoms with Gasteiger partial charge in [-0.1, -0.05) is 104 Å². The minimum atomic E-state index is -4.06. The van der Waals surface area contributed by atoms with Crippen LogP contribution >= 0.6 is 0 Å². The molecule has 6 fully saturated rings. The van der Waals surface area contributed by atoms with E-state index in [9.17, 15) is 9.90 Å². The maximum absolute atomic E-state index is 11.8. The van der Waals surface area contributed by atoms with Gasteiger partial charge in [-0.25, -0.2) is 4.79 Å². The first-order valence-electron chi connectivity index (χ1n) is 21.6. The van der Waals surface area contributed by atoms with Crippen LogP contribution in [0.3, 0.4) is 0 Å². The fraction of sp³-hybridized carbons (Fsp3) is 0.914. The van der Waals surface area contributed by atoms with Crippen LogP contribution in [-0.2, 0) is 54.2 Å². The average molecular weight is 944 g/mol. The molecule has 0 radical (unpaired) electrons. The molecule has 0 amide bonds. The first-order valence-corrected chi connectivity index (χ1v) is 37.0. The summed E-state index contributed by atoms with van der Waals surface area (Å²) in [7, 11) is -31.8. The smallest absolute Gasteiger partial charge is 0.478 e. The molecule has 22 heteroatoms. The maximum atomic E-state index is 11.8. The van der Waals surface area contributed by atoms with E-state index in [0.29, 0.717) is 67.6 Å². The predicted molar refractivity (Wildman–Crippen MR) is 232 cm³/mol. The molecule has 57 heavy (non-hydrogen) atoms. The highest BCUT2D eigenvalue weighted by atomic mass is 28.6. The number of hydrogen-bond donors (Lipinski definition) is 1. The quantitative estimate of drug-likeness (QED) is 0.0703. The van der Waals surface area contributed by atoms with E-state index in [2.05, 4.69) is 104 Å². The molecule has 6 saturated heterocycles. The van der Waals surface area contributed by atoms with E-state index in [-0.39, 0.29) is 47.0 Å². The van der Waals surface area contributed by atoms with Gasteiger partial charge in [-0.3, -0.25) is 0 Å². The van der Waals surface area contributed by atoms with Gasteiger partial charge in [0.05, 0.1) is 0 Å². The Morgan fingerprint density at radius 1 is 0.386 bits per heavy atom. The molecule has 8 bridgehead atoms. The molecule has 6 aliphatic rings. The van der Waals surface area contributed by atoms with Crippen molar-refractivity contribution < 1.29 is 59.3 Å². The molecule has 1 N–H and O–H groups in total. The maximum Gasteiger partial charge on any atom is 0.479 e. The molecule has 330 valence electrons. The van der Waals surface area contributed by atoms with Gasteiger partial charge in [-0.2, -0.15) is 0 Å². The highest BCUT2D eigenvalue weighted by Crippen LogP contribution is 2.56. The van der Waals surface area contributed by atoms with Crippen molar-refractivity contribution in [2.24, 2.45) is 41.4 Å². The molecule has 6 aliphatic heterocycles. The fourth-order valence-electron chi connectivity index (χ4n) is 8.66. The van der Waals surface area contributed by atoms with E-state index in [1.807, 2.05) is 0 Å². The summed E-state index contributed by atoms with van der Waals surface area (Å²) in [6.07, 6.45) is 1.36. The Morgan fingerprint density at radius 2 is 0.579 bits per heavy atom. The van der Waals surface area contributed by atoms with Gasteiger partial charge in [0.1, 0.15) is 0 Å². The molecule has 0 aromatic carbocycles. The van der Waals surface area contributed by atoms with Crippen molar-refractivity contribution in [1.82, 2.24) is 0 Å². The molecule has 0 aromatic heterocycles. The lowest BCUT2D eigenvalue weighted by atomic mass is 10.1. The van der Waals surface area contributed by atoms with Gasteiger partial charge in [0.2, 0.25) is 0 Å². The molecule has 0 aliphatic carbocycles. The molecular weight excluding hydrogens is 869 g/mol. The summed E-state index contributed by atoms with van der Waals surface area (Å²) in [6, 6.07) is 3.40. The van der Waals surface area contributed by atoms with Crippen LogP contribution in [0.1, 0.15) is 116 Å². The molecule has 0 atom stereocenters. The summed E-state index contributed by atoms with van der Waals surface area (Å²) in [5, 5.41) is 9.63. The largest absolute Gasteiger partial charge is 0.479 e. The van der Waals surface area contributed by atoms with E-state index in [1.54, 1.807) is 0 Å². The summed E-state index contributed by atoms with van der Waals surface area (Å²) >= 11 is 0. The monoisotopic (exact) mass is 942 g/mol. The second kappa shape index (κ2) is 17.9. The van der Waals surface area contributed by atoms with E-state index < -0.39 is 76.4 Å². The zero-order valence-corrected chi connectivity index (χ0v) is 45.3. The van der Waals surface area contributed by atoms with Crippen LogP contribution in [0.2, 0.25) is 48.4 Å². The summed E-state index contributed by atoms with van der Waals surface area (Å²) in [6.45, 7) is 33.7. The van der Waals surface area contributed by atoms with Crippen LogP contribution in [0, 0.1) is 41.4 Å². The van der Waals surface area contributed by atoms with Gasteiger partial charge in [0, 0.05) is 53.9 Å². The molecule has 0 saturated carbocycles. The molecular formula is C35H74O14Si8. The van der Waals surface area contributed by atoms with Gasteiger partial charge in [0.25, 0.3) is 0 Å². The Balaban J connectivity index is 1.91. The van der Waals surface area contributed by atoms with Crippen molar-refractivity contribution >= 4 is 76.4 Å². The normalized spacial score (nSPS) is 39.1. The minimum absolute atomic E-state index is 0.0701. The number of unbranched alkanes of at least 4 members (excludes halogenated alkanes) is 1. The average Bonchev–Trinajstić information content (AvgIpc) is 2.92. The molecule has 6 heterocycles. The number of carboxylic acids is 1. The molecule has 6 rings (SSSR count). The van der Waals surface area contributed by atoms with Crippen LogP contribution in [0.5, 0.6) is 0 Å². The first-order chi connectivity index (χ1) is 26.2. The van der Waals surface area contributed by atoms with Crippen LogP contribution in [-0.4, -0.2) is 81.5 Å². The van der Waals surface area contributed by atoms with E-state index in [4.69, 9.17) is 49.4 Å². The summed E-state index contributed by atoms with van der Waals surface area (Å²) in [5.74, 6) is -0.423. The number of hydrogen-bond acceptors (Lipinski definition) is 13. The van der Waals surface area contributed by atoms with E-state index in [1.165, 1.54) is 0 Å². The number of carboxylic acid groups (broad SMARTS) is 1. The van der Waals surface area contributed by atoms with Crippen LogP contribution in [0.4, 0.5) is 0 Å². The molecule has 0 spiro atoms. The predicted octanol–water partition coefficient (Wildman–Crippen LogP) is 9.17. The van der Waals surface area contributed by atoms with Crippen molar-refractivity contribution in [3.63, 3.8) is 0 Å². The van der Waals surface area contributed by atoms with Crippen molar-refractivity contribution in [1.29, 1.82) is 0 Å². The highest BCUT2D eigenvalue weighted by molar-refractivity contribution is 7.03. The lowest BCUT2D eigenvalue weighted by molar-refractivity contribution is -0.132. The van der Waals surface area contributed by atoms with Crippen molar-refractivity contribution in [3.05, 3.63) is 12.2 Å². The topological polar surface area (TPSA) is 148 Å². The third kappa shape index (κ3) is 11.7. The Bertz CT molecular complexity index is 1280. The Kier molecular flexibility index (Phi) is 15.2. The SMILES string of the molecule is C=C(CCCC[Si]12O[Si]3(CC(C)C)O[Si]4(CC(C)C)O[Si](CC(C)C)(O1)O[Si]1(CC(C)C)O[Si](CC(C)C)(O2)O[Si](CC(C)C)(O3)O[Si](CC(C)C)(O4)O1)C(=O)O. The zero-order valence-electron chi connectivity index (χ0n) is 37.3. The Hall–Kier alpha value is 0.465. The molecule has 14 nitrogen and oxygen atoms in total. The minimum Gasteiger partial charge on any atom is -0.478 e. The third-order valence-corrected chi connectivity index (χ3v) is 49.9. The van der Waals surface area contributed by atoms with E-state index in [0.717, 1.165) is 0 Å². The Labute approximate surface area is 352 Å². The number of rotatable bonds is 20. The van der Waals surface area contributed by atoms with Gasteiger partial charge < -0.3 is 54.5 Å². The lowest BCUT2D eigenvalue weighted by Gasteiger charge is -2.64. The summed E-state index contributed by atoms with van der Waals surface area (Å²) in [4.78, 5) is 11.8. The highest BCUT2D eigenvalue weighted by Gasteiger charge is 2.83. The summed E-state index contributed by atoms with van der Waals surface area (Å²) in [5.41, 5.74) is 0.150. The fourth-order valence-corrected chi connectivity index (χ4v) is 60.3. The molecule has 0 aromatic rings. The van der Waals surface area contributed by atoms with E-state index >= 15 is 0 Å². The second-order valence-electron chi connectivity index (χ2n) is 20.0. The van der Waals surface area contributed by atoms with Crippen LogP contribution in [0.25, 0.3) is 0 Å². The number of carbonyl (C=O) groups is 1. The lowest BCUT2D eigenvalue weighted by Crippen LogP contribution is -2.88. The summed E-state index contributed by atoms with van der Waals surface area (Å²) < 4.78 is 93.0. The third-order valence-electron chi connectivity index (χ3n) is 9.85. The van der Waals surface area contributed by atoms with Crippen molar-refractivity contribution in [2.75, 3.05) is 0 Å². The number of aliphatic carboxylic acids is 1. The van der Waals surface area contributed by atoms with Gasteiger partial charge in [-0.05, 0) is 60.7 Å². The van der Waals surface area contributed by atoms with Gasteiger partial charge in [0.15, 0.2) is 0 Å². The van der Waals surface area contributed by atoms with Gasteiger partial charge >= 0.3 is 76.4 Å². The van der Waals surface area contributed by atoms with Crippen molar-refractivity contribution in [2.45, 2.75) is 165 Å². The molecule has 0 unspecified atom stereocenters. The van der Waals surface area contributed by atoms with Gasteiger partial charge in [-0.15, -0.1) is 0 Å². The van der Waals surface area contributed by atoms with Crippen LogP contribution < -0.4 is 0 Å². The zero-order chi connectivity index (χ0) is 42.5. The second-order valence-corrected chi connectivity index (χ2v) is 44.1. The first kappa shape index (κ1) is 48.5.